The fourth-order valence-electron chi connectivity index (χ4n) is 6.50. The van der Waals surface area contributed by atoms with E-state index in [1.54, 1.807) is 6.07 Å². The molecule has 1 amide bonds. The van der Waals surface area contributed by atoms with Crippen molar-refractivity contribution in [2.24, 2.45) is 5.92 Å². The number of carbonyl (C=O) groups excluding carboxylic acids is 1. The van der Waals surface area contributed by atoms with Gasteiger partial charge in [0.25, 0.3) is 5.56 Å². The van der Waals surface area contributed by atoms with E-state index >= 15 is 0 Å². The van der Waals surface area contributed by atoms with Crippen LogP contribution in [0.15, 0.2) is 53.5 Å². The Morgan fingerprint density at radius 1 is 0.912 bits per heavy atom. The van der Waals surface area contributed by atoms with Crippen LogP contribution in [-0.4, -0.2) is 51.0 Å². The van der Waals surface area contributed by atoms with Gasteiger partial charge in [-0.2, -0.15) is 0 Å². The first-order valence-corrected chi connectivity index (χ1v) is 12.9. The van der Waals surface area contributed by atoms with Crippen LogP contribution in [0.5, 0.6) is 0 Å². The van der Waals surface area contributed by atoms with Gasteiger partial charge in [-0.15, -0.1) is 0 Å². The molecular weight excluding hydrogens is 424 g/mol. The highest BCUT2D eigenvalue weighted by molar-refractivity contribution is 5.89. The molecular formula is C28H34N4O2. The molecule has 3 aromatic rings. The molecule has 2 atom stereocenters. The molecule has 1 aromatic carbocycles. The average molecular weight is 459 g/mol. The summed E-state index contributed by atoms with van der Waals surface area (Å²) in [5.41, 5.74) is 3.66. The van der Waals surface area contributed by atoms with E-state index in [1.165, 1.54) is 35.9 Å². The summed E-state index contributed by atoms with van der Waals surface area (Å²) in [4.78, 5) is 30.1. The first-order chi connectivity index (χ1) is 16.7. The Hall–Kier alpha value is -2.86. The SMILES string of the molecule is O=C(Cc1cn(CN2C[C@@H]3C[C@@H](C2)c2cccc(=O)n2C3)c2ccccc12)N1CCCCCC1. The van der Waals surface area contributed by atoms with E-state index in [4.69, 9.17) is 0 Å². The highest BCUT2D eigenvalue weighted by atomic mass is 16.2. The predicted octanol–water partition coefficient (Wildman–Crippen LogP) is 3.82. The van der Waals surface area contributed by atoms with Gasteiger partial charge in [0.1, 0.15) is 0 Å². The lowest BCUT2D eigenvalue weighted by molar-refractivity contribution is -0.130. The van der Waals surface area contributed by atoms with E-state index in [0.717, 1.165) is 57.8 Å². The highest BCUT2D eigenvalue weighted by Gasteiger charge is 2.34. The van der Waals surface area contributed by atoms with Crippen molar-refractivity contribution >= 4 is 16.8 Å². The van der Waals surface area contributed by atoms with E-state index in [-0.39, 0.29) is 11.5 Å². The van der Waals surface area contributed by atoms with Gasteiger partial charge in [0, 0.05) is 67.5 Å². The Kier molecular flexibility index (Phi) is 5.77. The smallest absolute Gasteiger partial charge is 0.250 e. The number of pyridine rings is 1. The van der Waals surface area contributed by atoms with Crippen molar-refractivity contribution in [1.29, 1.82) is 0 Å². The van der Waals surface area contributed by atoms with Gasteiger partial charge in [-0.05, 0) is 42.9 Å². The Balaban J connectivity index is 1.23. The molecule has 0 N–H and O–H groups in total. The van der Waals surface area contributed by atoms with Gasteiger partial charge in [0.15, 0.2) is 0 Å². The normalized spacial score (nSPS) is 23.0. The maximum Gasteiger partial charge on any atom is 0.250 e. The van der Waals surface area contributed by atoms with E-state index < -0.39 is 0 Å². The van der Waals surface area contributed by atoms with Crippen LogP contribution >= 0.6 is 0 Å². The fourth-order valence-corrected chi connectivity index (χ4v) is 6.50. The third-order valence-corrected chi connectivity index (χ3v) is 8.08. The molecule has 178 valence electrons. The lowest BCUT2D eigenvalue weighted by Gasteiger charge is -2.42. The molecule has 0 saturated carbocycles. The monoisotopic (exact) mass is 458 g/mol. The Labute approximate surface area is 200 Å². The lowest BCUT2D eigenvalue weighted by Crippen LogP contribution is -2.47. The number of likely N-dealkylation sites (tertiary alicyclic amines) is 2. The summed E-state index contributed by atoms with van der Waals surface area (Å²) in [7, 11) is 0. The molecule has 3 aliphatic rings. The molecule has 0 aliphatic carbocycles. The van der Waals surface area contributed by atoms with Crippen LogP contribution in [0.1, 0.15) is 49.3 Å². The summed E-state index contributed by atoms with van der Waals surface area (Å²) in [6.45, 7) is 5.42. The molecule has 2 aromatic heterocycles. The van der Waals surface area contributed by atoms with Crippen molar-refractivity contribution in [1.82, 2.24) is 18.9 Å². The molecule has 2 bridgehead atoms. The summed E-state index contributed by atoms with van der Waals surface area (Å²) in [6, 6.07) is 14.2. The summed E-state index contributed by atoms with van der Waals surface area (Å²) < 4.78 is 4.33. The van der Waals surface area contributed by atoms with E-state index in [9.17, 15) is 9.59 Å². The highest BCUT2D eigenvalue weighted by Crippen LogP contribution is 2.35. The van der Waals surface area contributed by atoms with Gasteiger partial charge < -0.3 is 14.0 Å². The average Bonchev–Trinajstić information content (AvgIpc) is 3.00. The zero-order chi connectivity index (χ0) is 23.1. The maximum absolute atomic E-state index is 13.1. The number of carbonyl (C=O) groups is 1. The minimum Gasteiger partial charge on any atom is -0.342 e. The van der Waals surface area contributed by atoms with Crippen molar-refractivity contribution in [3.63, 3.8) is 0 Å². The molecule has 5 heterocycles. The second-order valence-corrected chi connectivity index (χ2v) is 10.5. The number of rotatable bonds is 4. The molecule has 6 rings (SSSR count). The Bertz CT molecular complexity index is 1250. The molecule has 0 spiro atoms. The summed E-state index contributed by atoms with van der Waals surface area (Å²) in [5, 5.41) is 1.19. The quantitative estimate of drug-likeness (QED) is 0.597. The van der Waals surface area contributed by atoms with Crippen LogP contribution < -0.4 is 5.56 Å². The van der Waals surface area contributed by atoms with Crippen molar-refractivity contribution in [3.8, 4) is 0 Å². The van der Waals surface area contributed by atoms with Crippen molar-refractivity contribution in [3.05, 3.63) is 70.3 Å². The molecule has 2 fully saturated rings. The first kappa shape index (κ1) is 21.7. The van der Waals surface area contributed by atoms with E-state index in [0.29, 0.717) is 18.3 Å². The zero-order valence-electron chi connectivity index (χ0n) is 19.9. The molecule has 3 aliphatic heterocycles. The van der Waals surface area contributed by atoms with Crippen LogP contribution in [0.3, 0.4) is 0 Å². The van der Waals surface area contributed by atoms with Crippen molar-refractivity contribution in [2.45, 2.75) is 57.7 Å². The number of para-hydroxylation sites is 1. The molecule has 6 heteroatoms. The Morgan fingerprint density at radius 2 is 1.74 bits per heavy atom. The molecule has 34 heavy (non-hydrogen) atoms. The van der Waals surface area contributed by atoms with Gasteiger partial charge >= 0.3 is 0 Å². The van der Waals surface area contributed by atoms with Crippen LogP contribution in [0.4, 0.5) is 0 Å². The van der Waals surface area contributed by atoms with Gasteiger partial charge in [0.2, 0.25) is 5.91 Å². The van der Waals surface area contributed by atoms with Crippen LogP contribution in [0.2, 0.25) is 0 Å². The lowest BCUT2D eigenvalue weighted by atomic mass is 9.83. The van der Waals surface area contributed by atoms with Crippen molar-refractivity contribution < 1.29 is 4.79 Å². The molecule has 2 saturated heterocycles. The Morgan fingerprint density at radius 3 is 2.59 bits per heavy atom. The van der Waals surface area contributed by atoms with Gasteiger partial charge in [0.05, 0.1) is 13.1 Å². The molecule has 0 unspecified atom stereocenters. The minimum atomic E-state index is 0.135. The van der Waals surface area contributed by atoms with Gasteiger partial charge in [-0.25, -0.2) is 0 Å². The number of aromatic nitrogens is 2. The summed E-state index contributed by atoms with van der Waals surface area (Å²) >= 11 is 0. The number of benzene rings is 1. The number of nitrogens with zero attached hydrogens (tertiary/aromatic N) is 4. The van der Waals surface area contributed by atoms with Crippen molar-refractivity contribution in [2.75, 3.05) is 26.2 Å². The standard InChI is InChI=1S/C28H34N4O2/c33-27-11-7-10-25-23-14-21(17-32(25)27)16-29(18-23)20-31-19-22(24-8-3-4-9-26(24)31)15-28(34)30-12-5-1-2-6-13-30/h3-4,7-11,19,21,23H,1-2,5-6,12-18,20H2/t21-,23-/m0/s1. The maximum atomic E-state index is 13.1. The largest absolute Gasteiger partial charge is 0.342 e. The van der Waals surface area contributed by atoms with Crippen LogP contribution in [0, 0.1) is 5.92 Å². The van der Waals surface area contributed by atoms with Gasteiger partial charge in [-0.3, -0.25) is 14.5 Å². The molecule has 6 nitrogen and oxygen atoms in total. The third kappa shape index (κ3) is 4.09. The number of piperidine rings is 1. The topological polar surface area (TPSA) is 50.5 Å². The van der Waals surface area contributed by atoms with Crippen LogP contribution in [-0.2, 0) is 24.4 Å². The minimum absolute atomic E-state index is 0.135. The fraction of sp³-hybridized carbons (Fsp3) is 0.500. The predicted molar refractivity (Wildman–Crippen MR) is 134 cm³/mol. The van der Waals surface area contributed by atoms with E-state index in [1.807, 2.05) is 10.6 Å². The number of hydrogen-bond donors (Lipinski definition) is 0. The number of fused-ring (bicyclic) bond motifs is 5. The number of hydrogen-bond acceptors (Lipinski definition) is 3. The second-order valence-electron chi connectivity index (χ2n) is 10.5. The first-order valence-electron chi connectivity index (χ1n) is 12.9. The van der Waals surface area contributed by atoms with E-state index in [2.05, 4.69) is 50.9 Å². The second kappa shape index (κ2) is 9.06. The number of amides is 1. The third-order valence-electron chi connectivity index (χ3n) is 8.08. The zero-order valence-corrected chi connectivity index (χ0v) is 19.9. The van der Waals surface area contributed by atoms with Gasteiger partial charge in [-0.1, -0.05) is 37.1 Å². The van der Waals surface area contributed by atoms with Crippen LogP contribution in [0.25, 0.3) is 10.9 Å². The summed E-state index contributed by atoms with van der Waals surface area (Å²) in [6.07, 6.45) is 8.58. The molecule has 0 radical (unpaired) electrons. The summed E-state index contributed by atoms with van der Waals surface area (Å²) in [5.74, 6) is 1.18.